The molecule has 144 valence electrons. The summed E-state index contributed by atoms with van der Waals surface area (Å²) in [7, 11) is 3.52. The van der Waals surface area contributed by atoms with Crippen LogP contribution >= 0.6 is 0 Å². The number of hydrogen-bond donors (Lipinski definition) is 2. The van der Waals surface area contributed by atoms with Gasteiger partial charge in [0.2, 0.25) is 0 Å². The van der Waals surface area contributed by atoms with Gasteiger partial charge in [0.15, 0.2) is 5.82 Å². The van der Waals surface area contributed by atoms with Gasteiger partial charge in [-0.05, 0) is 35.7 Å². The summed E-state index contributed by atoms with van der Waals surface area (Å²) < 4.78 is 22.6. The fraction of sp³-hybridized carbons (Fsp3) is 0.300. The Hall–Kier alpha value is -3.13. The Bertz CT molecular complexity index is 1190. The van der Waals surface area contributed by atoms with E-state index in [1.807, 2.05) is 43.3 Å². The van der Waals surface area contributed by atoms with E-state index in [0.717, 1.165) is 33.4 Å². The molecule has 1 fully saturated rings. The Labute approximate surface area is 161 Å². The van der Waals surface area contributed by atoms with Crippen LogP contribution in [0.1, 0.15) is 5.56 Å². The maximum atomic E-state index is 15.5. The molecule has 0 atom stereocenters. The molecule has 4 aromatic rings. The maximum absolute atomic E-state index is 15.5. The Morgan fingerprint density at radius 2 is 2.14 bits per heavy atom. The molecule has 4 heterocycles. The smallest absolute Gasteiger partial charge is 0.152 e. The van der Waals surface area contributed by atoms with Crippen LogP contribution in [0.25, 0.3) is 27.5 Å². The lowest BCUT2D eigenvalue weighted by atomic mass is 9.94. The quantitative estimate of drug-likeness (QED) is 0.569. The van der Waals surface area contributed by atoms with Crippen LogP contribution < -0.4 is 10.2 Å². The van der Waals surface area contributed by atoms with Crippen LogP contribution in [0.4, 0.5) is 15.9 Å². The lowest BCUT2D eigenvalue weighted by Gasteiger charge is -2.40. The zero-order valence-electron chi connectivity index (χ0n) is 16.0. The van der Waals surface area contributed by atoms with Gasteiger partial charge in [-0.3, -0.25) is 5.10 Å². The van der Waals surface area contributed by atoms with Crippen LogP contribution in [-0.2, 0) is 4.74 Å². The second-order valence-corrected chi connectivity index (χ2v) is 7.15. The number of benzene rings is 1. The fourth-order valence-electron chi connectivity index (χ4n) is 3.97. The number of hydrogen-bond acceptors (Lipinski definition) is 5. The second kappa shape index (κ2) is 6.20. The first-order valence-electron chi connectivity index (χ1n) is 9.21. The number of rotatable bonds is 4. The largest absolute Gasteiger partial charge is 0.378 e. The maximum Gasteiger partial charge on any atom is 0.152 e. The summed E-state index contributed by atoms with van der Waals surface area (Å²) in [6, 6.07) is 5.94. The average molecular weight is 380 g/mol. The summed E-state index contributed by atoms with van der Waals surface area (Å²) in [6.45, 7) is 3.18. The van der Waals surface area contributed by atoms with E-state index < -0.39 is 0 Å². The van der Waals surface area contributed by atoms with Crippen molar-refractivity contribution in [2.45, 2.75) is 13.0 Å². The number of nitrogens with one attached hydrogen (secondary N) is 2. The highest BCUT2D eigenvalue weighted by molar-refractivity contribution is 6.03. The van der Waals surface area contributed by atoms with E-state index in [1.54, 1.807) is 17.8 Å². The van der Waals surface area contributed by atoms with E-state index in [-0.39, 0.29) is 11.9 Å². The molecule has 7 nitrogen and oxygen atoms in total. The number of halogens is 1. The standard InChI is InChI=1S/C20H21FN6O/c1-11-17(12-4-5-27-13(6-12)7-16(22-2)25-27)15-8-23-24-19(15)20(18(11)21)26-9-14(10-26)28-3/h4-8,14H,9-10H2,1-3H3,(H,22,25)(H,23,24). The van der Waals surface area contributed by atoms with Gasteiger partial charge >= 0.3 is 0 Å². The average Bonchev–Trinajstić information content (AvgIpc) is 3.30. The summed E-state index contributed by atoms with van der Waals surface area (Å²) in [5, 5.41) is 15.6. The van der Waals surface area contributed by atoms with Crippen molar-refractivity contribution in [2.75, 3.05) is 37.5 Å². The lowest BCUT2D eigenvalue weighted by molar-refractivity contribution is 0.0785. The normalized spacial score (nSPS) is 14.8. The van der Waals surface area contributed by atoms with E-state index in [4.69, 9.17) is 4.74 Å². The predicted molar refractivity (Wildman–Crippen MR) is 108 cm³/mol. The molecule has 0 aliphatic carbocycles. The third-order valence-corrected chi connectivity index (χ3v) is 5.56. The molecule has 0 spiro atoms. The first-order chi connectivity index (χ1) is 13.6. The summed E-state index contributed by atoms with van der Waals surface area (Å²) in [4.78, 5) is 2.00. The molecule has 0 radical (unpaired) electrons. The van der Waals surface area contributed by atoms with Crippen LogP contribution in [-0.4, -0.2) is 53.2 Å². The molecule has 1 aromatic carbocycles. The van der Waals surface area contributed by atoms with Crippen molar-refractivity contribution in [3.63, 3.8) is 0 Å². The van der Waals surface area contributed by atoms with Crippen molar-refractivity contribution in [3.8, 4) is 11.1 Å². The first-order valence-corrected chi connectivity index (χ1v) is 9.21. The Balaban J connectivity index is 1.68. The monoisotopic (exact) mass is 380 g/mol. The molecule has 3 aromatic heterocycles. The van der Waals surface area contributed by atoms with Gasteiger partial charge in [0.25, 0.3) is 0 Å². The van der Waals surface area contributed by atoms with Gasteiger partial charge in [0, 0.05) is 44.9 Å². The van der Waals surface area contributed by atoms with E-state index >= 15 is 4.39 Å². The number of aromatic amines is 1. The van der Waals surface area contributed by atoms with Crippen LogP contribution in [0.3, 0.4) is 0 Å². The van der Waals surface area contributed by atoms with Crippen molar-refractivity contribution in [2.24, 2.45) is 0 Å². The van der Waals surface area contributed by atoms with Crippen LogP contribution in [0.15, 0.2) is 30.6 Å². The first kappa shape index (κ1) is 17.0. The van der Waals surface area contributed by atoms with E-state index in [0.29, 0.717) is 24.3 Å². The number of nitrogens with zero attached hydrogens (tertiary/aromatic N) is 4. The van der Waals surface area contributed by atoms with Crippen molar-refractivity contribution in [1.29, 1.82) is 0 Å². The topological polar surface area (TPSA) is 70.5 Å². The number of aromatic nitrogens is 4. The third kappa shape index (κ3) is 2.37. The van der Waals surface area contributed by atoms with Crippen molar-refractivity contribution < 1.29 is 9.13 Å². The number of pyridine rings is 1. The number of methoxy groups -OCH3 is 1. The van der Waals surface area contributed by atoms with Gasteiger partial charge in [-0.1, -0.05) is 0 Å². The molecular formula is C20H21FN6O. The summed E-state index contributed by atoms with van der Waals surface area (Å²) >= 11 is 0. The Morgan fingerprint density at radius 1 is 1.32 bits per heavy atom. The number of fused-ring (bicyclic) bond motifs is 2. The van der Waals surface area contributed by atoms with Gasteiger partial charge in [0.05, 0.1) is 29.0 Å². The van der Waals surface area contributed by atoms with Crippen LogP contribution in [0.5, 0.6) is 0 Å². The summed E-state index contributed by atoms with van der Waals surface area (Å²) in [5.41, 5.74) is 4.63. The molecule has 28 heavy (non-hydrogen) atoms. The molecule has 1 saturated heterocycles. The molecule has 5 rings (SSSR count). The minimum atomic E-state index is -0.217. The lowest BCUT2D eigenvalue weighted by Crippen LogP contribution is -2.52. The van der Waals surface area contributed by atoms with Crippen LogP contribution in [0.2, 0.25) is 0 Å². The Morgan fingerprint density at radius 3 is 2.89 bits per heavy atom. The Kier molecular flexibility index (Phi) is 3.77. The summed E-state index contributed by atoms with van der Waals surface area (Å²) in [5.74, 6) is 0.569. The molecule has 8 heteroatoms. The molecule has 1 aliphatic rings. The van der Waals surface area contributed by atoms with Gasteiger partial charge in [-0.2, -0.15) is 10.2 Å². The third-order valence-electron chi connectivity index (χ3n) is 5.56. The number of anilines is 2. The molecule has 0 bridgehead atoms. The number of H-pyrrole nitrogens is 1. The summed E-state index contributed by atoms with van der Waals surface area (Å²) in [6.07, 6.45) is 3.80. The highest BCUT2D eigenvalue weighted by Gasteiger charge is 2.32. The van der Waals surface area contributed by atoms with E-state index in [2.05, 4.69) is 20.6 Å². The predicted octanol–water partition coefficient (Wildman–Crippen LogP) is 3.20. The van der Waals surface area contributed by atoms with E-state index in [9.17, 15) is 0 Å². The van der Waals surface area contributed by atoms with Gasteiger partial charge in [0.1, 0.15) is 5.82 Å². The molecule has 0 unspecified atom stereocenters. The van der Waals surface area contributed by atoms with Gasteiger partial charge < -0.3 is 15.0 Å². The van der Waals surface area contributed by atoms with Gasteiger partial charge in [-0.15, -0.1) is 0 Å². The van der Waals surface area contributed by atoms with Crippen molar-refractivity contribution in [3.05, 3.63) is 42.0 Å². The van der Waals surface area contributed by atoms with Crippen molar-refractivity contribution >= 4 is 27.9 Å². The van der Waals surface area contributed by atoms with E-state index in [1.165, 1.54) is 0 Å². The van der Waals surface area contributed by atoms with Crippen LogP contribution in [0, 0.1) is 12.7 Å². The molecule has 2 N–H and O–H groups in total. The SMILES string of the molecule is CNc1cc2cc(-c3c(C)c(F)c(N4CC(OC)C4)c4[nH]ncc34)ccn2n1. The zero-order valence-corrected chi connectivity index (χ0v) is 16.0. The molecule has 0 amide bonds. The second-order valence-electron chi connectivity index (χ2n) is 7.15. The minimum absolute atomic E-state index is 0.142. The molecule has 0 saturated carbocycles. The van der Waals surface area contributed by atoms with Gasteiger partial charge in [-0.25, -0.2) is 8.91 Å². The minimum Gasteiger partial charge on any atom is -0.378 e. The van der Waals surface area contributed by atoms with Crippen molar-refractivity contribution in [1.82, 2.24) is 19.8 Å². The highest BCUT2D eigenvalue weighted by Crippen LogP contribution is 2.41. The highest BCUT2D eigenvalue weighted by atomic mass is 19.1. The zero-order chi connectivity index (χ0) is 19.4. The molecule has 1 aliphatic heterocycles. The number of ether oxygens (including phenoxy) is 1. The fourth-order valence-corrected chi connectivity index (χ4v) is 3.97. The molecular weight excluding hydrogens is 359 g/mol.